The molecule has 0 spiro atoms. The van der Waals surface area contributed by atoms with Crippen LogP contribution in [-0.2, 0) is 4.79 Å². The quantitative estimate of drug-likeness (QED) is 0.565. The summed E-state index contributed by atoms with van der Waals surface area (Å²) < 4.78 is 0. The van der Waals surface area contributed by atoms with Crippen molar-refractivity contribution in [1.29, 1.82) is 0 Å². The van der Waals surface area contributed by atoms with Gasteiger partial charge >= 0.3 is 0 Å². The number of carbonyl (C=O) groups is 2. The van der Waals surface area contributed by atoms with Gasteiger partial charge in [0.05, 0.1) is 23.6 Å². The average molecular weight is 399 g/mol. The first-order valence-corrected chi connectivity index (χ1v) is 9.58. The first-order valence-electron chi connectivity index (χ1n) is 9.20. The van der Waals surface area contributed by atoms with Gasteiger partial charge in [-0.2, -0.15) is 0 Å². The zero-order valence-corrected chi connectivity index (χ0v) is 16.6. The van der Waals surface area contributed by atoms with Crippen molar-refractivity contribution in [3.05, 3.63) is 64.9 Å². The minimum atomic E-state index is -0.346. The Hall–Kier alpha value is -2.86. The summed E-state index contributed by atoms with van der Waals surface area (Å²) in [4.78, 5) is 32.5. The van der Waals surface area contributed by atoms with Crippen LogP contribution in [0.5, 0.6) is 0 Å². The van der Waals surface area contributed by atoms with E-state index in [0.29, 0.717) is 22.3 Å². The Bertz CT molecular complexity index is 950. The van der Waals surface area contributed by atoms with Crippen molar-refractivity contribution in [3.8, 4) is 0 Å². The van der Waals surface area contributed by atoms with Crippen LogP contribution in [0.15, 0.2) is 48.5 Å². The Morgan fingerprint density at radius 1 is 1.14 bits per heavy atom. The van der Waals surface area contributed by atoms with Gasteiger partial charge in [-0.05, 0) is 42.7 Å². The van der Waals surface area contributed by atoms with Crippen molar-refractivity contribution in [2.75, 3.05) is 6.54 Å². The van der Waals surface area contributed by atoms with Crippen molar-refractivity contribution in [1.82, 2.24) is 20.6 Å². The van der Waals surface area contributed by atoms with E-state index in [1.807, 2.05) is 24.3 Å². The zero-order valence-electron chi connectivity index (χ0n) is 15.8. The number of halogens is 1. The third kappa shape index (κ3) is 5.10. The van der Waals surface area contributed by atoms with E-state index in [1.54, 1.807) is 24.3 Å². The Morgan fingerprint density at radius 3 is 2.64 bits per heavy atom. The summed E-state index contributed by atoms with van der Waals surface area (Å²) in [6.07, 6.45) is 0.730. The normalized spacial score (nSPS) is 12.1. The minimum absolute atomic E-state index is 0.125. The smallest absolute Gasteiger partial charge is 0.251 e. The van der Waals surface area contributed by atoms with Crippen molar-refractivity contribution < 1.29 is 9.59 Å². The molecule has 3 aromatic rings. The van der Waals surface area contributed by atoms with E-state index >= 15 is 0 Å². The van der Waals surface area contributed by atoms with Gasteiger partial charge in [0.1, 0.15) is 5.82 Å². The first kappa shape index (κ1) is 19.9. The molecule has 0 radical (unpaired) electrons. The fourth-order valence-electron chi connectivity index (χ4n) is 2.99. The van der Waals surface area contributed by atoms with Gasteiger partial charge in [-0.15, -0.1) is 0 Å². The van der Waals surface area contributed by atoms with Gasteiger partial charge in [-0.3, -0.25) is 9.59 Å². The van der Waals surface area contributed by atoms with Crippen LogP contribution in [0.4, 0.5) is 0 Å². The van der Waals surface area contributed by atoms with Crippen LogP contribution in [-0.4, -0.2) is 28.3 Å². The molecule has 3 N–H and O–H groups in total. The lowest BCUT2D eigenvalue weighted by molar-refractivity contribution is -0.121. The number of rotatable bonds is 7. The van der Waals surface area contributed by atoms with Gasteiger partial charge in [-0.25, -0.2) is 4.98 Å². The van der Waals surface area contributed by atoms with Crippen LogP contribution in [0.25, 0.3) is 11.0 Å². The number of imidazole rings is 1. The first-order chi connectivity index (χ1) is 13.4. The summed E-state index contributed by atoms with van der Waals surface area (Å²) in [6, 6.07) is 14.1. The minimum Gasteiger partial charge on any atom is -0.345 e. The van der Waals surface area contributed by atoms with E-state index in [-0.39, 0.29) is 24.4 Å². The Labute approximate surface area is 168 Å². The molecular weight excluding hydrogens is 376 g/mol. The highest BCUT2D eigenvalue weighted by atomic mass is 35.5. The predicted octanol–water partition coefficient (Wildman–Crippen LogP) is 3.85. The fraction of sp³-hybridized carbons (Fsp3) is 0.286. The van der Waals surface area contributed by atoms with Crippen LogP contribution < -0.4 is 10.6 Å². The molecule has 0 aliphatic heterocycles. The number of nitrogens with zero attached hydrogens (tertiary/aromatic N) is 1. The molecule has 0 saturated carbocycles. The number of aromatic nitrogens is 2. The molecule has 0 fully saturated rings. The summed E-state index contributed by atoms with van der Waals surface area (Å²) in [6.45, 7) is 4.05. The number of carbonyl (C=O) groups excluding carboxylic acids is 2. The van der Waals surface area contributed by atoms with Crippen molar-refractivity contribution in [2.45, 2.75) is 26.3 Å². The lowest BCUT2D eigenvalue weighted by Crippen LogP contribution is -2.39. The topological polar surface area (TPSA) is 86.9 Å². The molecule has 0 aliphatic carbocycles. The summed E-state index contributed by atoms with van der Waals surface area (Å²) >= 11 is 5.90. The molecule has 3 rings (SSSR count). The molecule has 0 unspecified atom stereocenters. The molecule has 1 atom stereocenters. The maximum absolute atomic E-state index is 12.4. The van der Waals surface area contributed by atoms with Gasteiger partial charge < -0.3 is 15.6 Å². The third-order valence-corrected chi connectivity index (χ3v) is 4.51. The molecule has 0 bridgehead atoms. The van der Waals surface area contributed by atoms with Crippen LogP contribution in [0.1, 0.15) is 42.5 Å². The Kier molecular flexibility index (Phi) is 6.31. The Morgan fingerprint density at radius 2 is 1.93 bits per heavy atom. The summed E-state index contributed by atoms with van der Waals surface area (Å²) in [5.41, 5.74) is 2.20. The van der Waals surface area contributed by atoms with E-state index in [2.05, 4.69) is 34.4 Å². The molecule has 146 valence electrons. The number of aromatic amines is 1. The molecule has 28 heavy (non-hydrogen) atoms. The zero-order chi connectivity index (χ0) is 20.1. The molecule has 2 aromatic carbocycles. The third-order valence-electron chi connectivity index (χ3n) is 4.28. The predicted molar refractivity (Wildman–Crippen MR) is 110 cm³/mol. The fourth-order valence-corrected chi connectivity index (χ4v) is 3.18. The molecule has 2 amide bonds. The number of nitrogens with one attached hydrogen (secondary N) is 3. The van der Waals surface area contributed by atoms with E-state index in [1.165, 1.54) is 0 Å². The van der Waals surface area contributed by atoms with Crippen molar-refractivity contribution in [3.63, 3.8) is 0 Å². The second-order valence-electron chi connectivity index (χ2n) is 7.08. The van der Waals surface area contributed by atoms with Crippen LogP contribution >= 0.6 is 11.6 Å². The van der Waals surface area contributed by atoms with Crippen LogP contribution in [0.3, 0.4) is 0 Å². The van der Waals surface area contributed by atoms with E-state index in [4.69, 9.17) is 11.6 Å². The number of amides is 2. The largest absolute Gasteiger partial charge is 0.345 e. The van der Waals surface area contributed by atoms with Gasteiger partial charge in [0.15, 0.2) is 0 Å². The summed E-state index contributed by atoms with van der Waals surface area (Å²) in [5.74, 6) is 0.451. The average Bonchev–Trinajstić information content (AvgIpc) is 3.09. The number of hydrogen-bond acceptors (Lipinski definition) is 3. The molecule has 1 aromatic heterocycles. The maximum Gasteiger partial charge on any atom is 0.251 e. The van der Waals surface area contributed by atoms with Crippen molar-refractivity contribution >= 4 is 34.4 Å². The van der Waals surface area contributed by atoms with Gasteiger partial charge in [0, 0.05) is 10.6 Å². The van der Waals surface area contributed by atoms with Gasteiger partial charge in [0.2, 0.25) is 5.91 Å². The number of para-hydroxylation sites is 2. The number of benzene rings is 2. The highest BCUT2D eigenvalue weighted by Gasteiger charge is 2.20. The standard InChI is InChI=1S/C21H23ClN4O2/c1-13(2)10-18(20-25-16-8-3-4-9-17(16)26-20)24-19(27)12-23-21(28)14-6-5-7-15(22)11-14/h3-9,11,13,18H,10,12H2,1-2H3,(H,23,28)(H,24,27)(H,25,26)/t18-/m0/s1. The number of H-pyrrole nitrogens is 1. The molecular formula is C21H23ClN4O2. The van der Waals surface area contributed by atoms with E-state index < -0.39 is 0 Å². The van der Waals surface area contributed by atoms with E-state index in [9.17, 15) is 9.59 Å². The van der Waals surface area contributed by atoms with Gasteiger partial charge in [0.25, 0.3) is 5.91 Å². The van der Waals surface area contributed by atoms with Gasteiger partial charge in [-0.1, -0.05) is 43.6 Å². The van der Waals surface area contributed by atoms with Crippen LogP contribution in [0.2, 0.25) is 5.02 Å². The second kappa shape index (κ2) is 8.89. The lowest BCUT2D eigenvalue weighted by atomic mass is 10.0. The highest BCUT2D eigenvalue weighted by molar-refractivity contribution is 6.30. The highest BCUT2D eigenvalue weighted by Crippen LogP contribution is 2.21. The molecule has 7 heteroatoms. The van der Waals surface area contributed by atoms with Crippen molar-refractivity contribution in [2.24, 2.45) is 5.92 Å². The second-order valence-corrected chi connectivity index (χ2v) is 7.52. The summed E-state index contributed by atoms with van der Waals surface area (Å²) in [7, 11) is 0. The molecule has 0 saturated heterocycles. The lowest BCUT2D eigenvalue weighted by Gasteiger charge is -2.19. The number of fused-ring (bicyclic) bond motifs is 1. The maximum atomic E-state index is 12.4. The molecule has 0 aliphatic rings. The molecule has 1 heterocycles. The van der Waals surface area contributed by atoms with Crippen LogP contribution in [0, 0.1) is 5.92 Å². The summed E-state index contributed by atoms with van der Waals surface area (Å²) in [5, 5.41) is 6.06. The molecule has 6 nitrogen and oxygen atoms in total. The Balaban J connectivity index is 1.65. The number of hydrogen-bond donors (Lipinski definition) is 3. The van der Waals surface area contributed by atoms with E-state index in [0.717, 1.165) is 17.5 Å². The monoisotopic (exact) mass is 398 g/mol. The SMILES string of the molecule is CC(C)C[C@H](NC(=O)CNC(=O)c1cccc(Cl)c1)c1nc2ccccc2[nH]1.